The lowest BCUT2D eigenvalue weighted by molar-refractivity contribution is -0.124. The van der Waals surface area contributed by atoms with Gasteiger partial charge >= 0.3 is 0 Å². The lowest BCUT2D eigenvalue weighted by Gasteiger charge is -2.27. The summed E-state index contributed by atoms with van der Waals surface area (Å²) in [5.41, 5.74) is 3.67. The third-order valence-corrected chi connectivity index (χ3v) is 7.07. The standard InChI is InChI=1S/C25H30F2N6O/c1-32-22(16-33-11-3-2-4-12-33)19(15-29-32)20-6-5-18-14-28-23(13-21(18)30-20)31-24(34)17-7-9-25(26,27)10-8-17/h5-6,13-15,17H,2-4,7-12,16H2,1H3,(H,28,31,34). The lowest BCUT2D eigenvalue weighted by atomic mass is 9.86. The van der Waals surface area contributed by atoms with Crippen LogP contribution in [-0.4, -0.2) is 49.6 Å². The van der Waals surface area contributed by atoms with Crippen molar-refractivity contribution in [3.63, 3.8) is 0 Å². The van der Waals surface area contributed by atoms with E-state index in [1.54, 1.807) is 12.3 Å². The summed E-state index contributed by atoms with van der Waals surface area (Å²) in [6.45, 7) is 3.04. The van der Waals surface area contributed by atoms with Crippen LogP contribution < -0.4 is 5.32 Å². The predicted octanol–water partition coefficient (Wildman–Crippen LogP) is 4.78. The third-order valence-electron chi connectivity index (χ3n) is 7.07. The van der Waals surface area contributed by atoms with E-state index in [4.69, 9.17) is 4.98 Å². The van der Waals surface area contributed by atoms with Gasteiger partial charge in [0, 0.05) is 55.6 Å². The van der Waals surface area contributed by atoms with Crippen molar-refractivity contribution in [2.75, 3.05) is 18.4 Å². The highest BCUT2D eigenvalue weighted by Gasteiger charge is 2.37. The highest BCUT2D eigenvalue weighted by molar-refractivity contribution is 5.93. The van der Waals surface area contributed by atoms with E-state index in [2.05, 4.69) is 20.3 Å². The third kappa shape index (κ3) is 4.94. The van der Waals surface area contributed by atoms with Crippen molar-refractivity contribution in [3.05, 3.63) is 36.3 Å². The van der Waals surface area contributed by atoms with Crippen LogP contribution in [0.15, 0.2) is 30.6 Å². The summed E-state index contributed by atoms with van der Waals surface area (Å²) in [6.07, 6.45) is 7.17. The summed E-state index contributed by atoms with van der Waals surface area (Å²) < 4.78 is 28.8. The number of alkyl halides is 2. The number of piperidine rings is 1. The van der Waals surface area contributed by atoms with Gasteiger partial charge in [0.2, 0.25) is 11.8 Å². The van der Waals surface area contributed by atoms with Crippen LogP contribution in [0.2, 0.25) is 0 Å². The molecule has 3 aromatic rings. The first-order valence-electron chi connectivity index (χ1n) is 12.1. The molecule has 9 heteroatoms. The average Bonchev–Trinajstić information content (AvgIpc) is 3.19. The molecule has 0 atom stereocenters. The molecule has 0 spiro atoms. The molecule has 5 rings (SSSR count). The Bertz CT molecular complexity index is 1180. The van der Waals surface area contributed by atoms with Crippen LogP contribution in [0.3, 0.4) is 0 Å². The number of hydrogen-bond acceptors (Lipinski definition) is 5. The SMILES string of the molecule is Cn1ncc(-c2ccc3cnc(NC(=O)C4CCC(F)(F)CC4)cc3n2)c1CN1CCCCC1. The summed E-state index contributed by atoms with van der Waals surface area (Å²) in [6, 6.07) is 5.69. The minimum absolute atomic E-state index is 0.190. The van der Waals surface area contributed by atoms with Crippen molar-refractivity contribution < 1.29 is 13.6 Å². The molecule has 1 N–H and O–H groups in total. The molecule has 2 fully saturated rings. The number of aryl methyl sites for hydroxylation is 1. The van der Waals surface area contributed by atoms with Gasteiger partial charge < -0.3 is 5.32 Å². The molecule has 1 aliphatic carbocycles. The van der Waals surface area contributed by atoms with E-state index >= 15 is 0 Å². The van der Waals surface area contributed by atoms with E-state index in [0.29, 0.717) is 11.3 Å². The van der Waals surface area contributed by atoms with Crippen molar-refractivity contribution in [1.82, 2.24) is 24.6 Å². The number of pyridine rings is 2. The second kappa shape index (κ2) is 9.37. The number of nitrogens with one attached hydrogen (secondary N) is 1. The quantitative estimate of drug-likeness (QED) is 0.583. The Hall–Kier alpha value is -2.94. The van der Waals surface area contributed by atoms with E-state index in [1.807, 2.05) is 30.1 Å². The zero-order valence-electron chi connectivity index (χ0n) is 19.4. The van der Waals surface area contributed by atoms with Crippen molar-refractivity contribution >= 4 is 22.6 Å². The molecule has 1 amide bonds. The number of nitrogens with zero attached hydrogens (tertiary/aromatic N) is 5. The number of anilines is 1. The summed E-state index contributed by atoms with van der Waals surface area (Å²) in [4.78, 5) is 24.2. The van der Waals surface area contributed by atoms with E-state index in [9.17, 15) is 13.6 Å². The topological polar surface area (TPSA) is 75.9 Å². The van der Waals surface area contributed by atoms with Gasteiger partial charge in [-0.2, -0.15) is 5.10 Å². The number of hydrogen-bond donors (Lipinski definition) is 1. The average molecular weight is 469 g/mol. The molecule has 0 radical (unpaired) electrons. The first-order valence-corrected chi connectivity index (χ1v) is 12.1. The first-order chi connectivity index (χ1) is 16.4. The van der Waals surface area contributed by atoms with Gasteiger partial charge in [-0.3, -0.25) is 14.4 Å². The number of aromatic nitrogens is 4. The first kappa shape index (κ1) is 22.8. The van der Waals surface area contributed by atoms with Crippen LogP contribution in [-0.2, 0) is 18.4 Å². The second-order valence-corrected chi connectivity index (χ2v) is 9.54. The van der Waals surface area contributed by atoms with Gasteiger partial charge in [-0.25, -0.2) is 18.7 Å². The molecule has 34 heavy (non-hydrogen) atoms. The lowest BCUT2D eigenvalue weighted by Crippen LogP contribution is -2.32. The monoisotopic (exact) mass is 468 g/mol. The Labute approximate surface area is 197 Å². The Balaban J connectivity index is 1.35. The number of amides is 1. The normalized spacial score (nSPS) is 19.4. The molecule has 4 heterocycles. The zero-order chi connectivity index (χ0) is 23.7. The smallest absolute Gasteiger partial charge is 0.248 e. The Morgan fingerprint density at radius 1 is 1.15 bits per heavy atom. The van der Waals surface area contributed by atoms with Crippen LogP contribution in [0, 0.1) is 5.92 Å². The number of halogens is 2. The van der Waals surface area contributed by atoms with Crippen molar-refractivity contribution in [2.24, 2.45) is 13.0 Å². The predicted molar refractivity (Wildman–Crippen MR) is 126 cm³/mol. The minimum atomic E-state index is -2.66. The maximum Gasteiger partial charge on any atom is 0.248 e. The Morgan fingerprint density at radius 3 is 2.68 bits per heavy atom. The number of carbonyl (C=O) groups excluding carboxylic acids is 1. The number of likely N-dealkylation sites (tertiary alicyclic amines) is 1. The number of carbonyl (C=O) groups is 1. The van der Waals surface area contributed by atoms with Gasteiger partial charge in [0.1, 0.15) is 5.82 Å². The summed E-state index contributed by atoms with van der Waals surface area (Å²) in [5.74, 6) is -2.93. The van der Waals surface area contributed by atoms with Crippen LogP contribution in [0.4, 0.5) is 14.6 Å². The van der Waals surface area contributed by atoms with E-state index in [0.717, 1.165) is 42.0 Å². The number of fused-ring (bicyclic) bond motifs is 1. The van der Waals surface area contributed by atoms with Gasteiger partial charge in [-0.1, -0.05) is 6.42 Å². The molecule has 0 bridgehead atoms. The van der Waals surface area contributed by atoms with Gasteiger partial charge in [0.25, 0.3) is 0 Å². The van der Waals surface area contributed by atoms with Crippen molar-refractivity contribution in [2.45, 2.75) is 57.4 Å². The molecule has 0 aromatic carbocycles. The van der Waals surface area contributed by atoms with Crippen LogP contribution in [0.1, 0.15) is 50.6 Å². The van der Waals surface area contributed by atoms with Crippen LogP contribution in [0.5, 0.6) is 0 Å². The molecule has 180 valence electrons. The fraction of sp³-hybridized carbons (Fsp3) is 0.520. The van der Waals surface area contributed by atoms with E-state index in [-0.39, 0.29) is 31.6 Å². The zero-order valence-corrected chi connectivity index (χ0v) is 19.4. The molecule has 7 nitrogen and oxygen atoms in total. The van der Waals surface area contributed by atoms with Gasteiger partial charge in [0.15, 0.2) is 0 Å². The van der Waals surface area contributed by atoms with Crippen LogP contribution >= 0.6 is 0 Å². The Kier molecular flexibility index (Phi) is 6.29. The summed E-state index contributed by atoms with van der Waals surface area (Å²) in [7, 11) is 1.96. The largest absolute Gasteiger partial charge is 0.310 e. The summed E-state index contributed by atoms with van der Waals surface area (Å²) >= 11 is 0. The minimum Gasteiger partial charge on any atom is -0.310 e. The van der Waals surface area contributed by atoms with Crippen molar-refractivity contribution in [1.29, 1.82) is 0 Å². The molecular formula is C25H30F2N6O. The maximum absolute atomic E-state index is 13.4. The van der Waals surface area contributed by atoms with Crippen molar-refractivity contribution in [3.8, 4) is 11.3 Å². The van der Waals surface area contributed by atoms with E-state index < -0.39 is 11.8 Å². The highest BCUT2D eigenvalue weighted by atomic mass is 19.3. The molecule has 1 aliphatic heterocycles. The highest BCUT2D eigenvalue weighted by Crippen LogP contribution is 2.36. The number of rotatable bonds is 5. The fourth-order valence-corrected chi connectivity index (χ4v) is 4.96. The molecule has 0 unspecified atom stereocenters. The second-order valence-electron chi connectivity index (χ2n) is 9.54. The maximum atomic E-state index is 13.4. The fourth-order valence-electron chi connectivity index (χ4n) is 4.96. The van der Waals surface area contributed by atoms with Crippen LogP contribution in [0.25, 0.3) is 22.2 Å². The molecule has 1 saturated carbocycles. The van der Waals surface area contributed by atoms with E-state index in [1.165, 1.54) is 19.3 Å². The van der Waals surface area contributed by atoms with Gasteiger partial charge in [0.05, 0.1) is 23.1 Å². The Morgan fingerprint density at radius 2 is 1.91 bits per heavy atom. The molecule has 3 aromatic heterocycles. The molecule has 1 saturated heterocycles. The summed E-state index contributed by atoms with van der Waals surface area (Å²) in [5, 5.41) is 8.15. The van der Waals surface area contributed by atoms with Gasteiger partial charge in [-0.05, 0) is 50.9 Å². The molecule has 2 aliphatic rings. The van der Waals surface area contributed by atoms with Gasteiger partial charge in [-0.15, -0.1) is 0 Å². The molecular weight excluding hydrogens is 438 g/mol.